The quantitative estimate of drug-likeness (QED) is 0.833. The van der Waals surface area contributed by atoms with Crippen LogP contribution in [0, 0.1) is 0 Å². The SMILES string of the molecule is O=C(Cn1cc(CCO)c(C(F)(F)F)n1)NC1CC1. The van der Waals surface area contributed by atoms with Gasteiger partial charge in [0.15, 0.2) is 5.69 Å². The molecule has 1 aromatic rings. The van der Waals surface area contributed by atoms with E-state index in [-0.39, 0.29) is 30.5 Å². The van der Waals surface area contributed by atoms with Crippen molar-refractivity contribution in [2.75, 3.05) is 6.61 Å². The van der Waals surface area contributed by atoms with Gasteiger partial charge in [0, 0.05) is 24.4 Å². The number of aliphatic hydroxyl groups excluding tert-OH is 1. The van der Waals surface area contributed by atoms with Crippen LogP contribution in [0.4, 0.5) is 13.2 Å². The Morgan fingerprint density at radius 3 is 2.74 bits per heavy atom. The van der Waals surface area contributed by atoms with E-state index < -0.39 is 18.5 Å². The number of aliphatic hydroxyl groups is 1. The zero-order valence-electron chi connectivity index (χ0n) is 10.1. The van der Waals surface area contributed by atoms with Gasteiger partial charge < -0.3 is 10.4 Å². The van der Waals surface area contributed by atoms with Crippen molar-refractivity contribution in [1.29, 1.82) is 0 Å². The van der Waals surface area contributed by atoms with E-state index in [1.54, 1.807) is 0 Å². The molecule has 0 bridgehead atoms. The van der Waals surface area contributed by atoms with E-state index in [0.29, 0.717) is 0 Å². The molecule has 106 valence electrons. The van der Waals surface area contributed by atoms with Crippen LogP contribution in [0.1, 0.15) is 24.1 Å². The number of carbonyl (C=O) groups is 1. The van der Waals surface area contributed by atoms with E-state index in [1.165, 1.54) is 0 Å². The molecule has 1 fully saturated rings. The number of halogens is 3. The van der Waals surface area contributed by atoms with Crippen molar-refractivity contribution in [2.45, 2.75) is 38.0 Å². The van der Waals surface area contributed by atoms with Gasteiger partial charge in [-0.2, -0.15) is 18.3 Å². The number of alkyl halides is 3. The molecular formula is C11H14F3N3O2. The van der Waals surface area contributed by atoms with E-state index in [4.69, 9.17) is 5.11 Å². The highest BCUT2D eigenvalue weighted by Gasteiger charge is 2.37. The molecule has 1 aliphatic carbocycles. The standard InChI is InChI=1S/C11H14F3N3O2/c12-11(13,14)10-7(3-4-18)5-17(16-10)6-9(19)15-8-1-2-8/h5,8,18H,1-4,6H2,(H,15,19). The Morgan fingerprint density at radius 1 is 1.53 bits per heavy atom. The van der Waals surface area contributed by atoms with Crippen molar-refractivity contribution < 1.29 is 23.1 Å². The summed E-state index contributed by atoms with van der Waals surface area (Å²) in [6.07, 6.45) is -1.74. The first-order valence-electron chi connectivity index (χ1n) is 5.94. The summed E-state index contributed by atoms with van der Waals surface area (Å²) in [5.74, 6) is -0.353. The number of rotatable bonds is 5. The first kappa shape index (κ1) is 13.9. The molecule has 1 heterocycles. The van der Waals surface area contributed by atoms with Gasteiger partial charge in [0.05, 0.1) is 0 Å². The fourth-order valence-electron chi connectivity index (χ4n) is 1.73. The minimum Gasteiger partial charge on any atom is -0.396 e. The number of carbonyl (C=O) groups excluding carboxylic acids is 1. The summed E-state index contributed by atoms with van der Waals surface area (Å²) in [4.78, 5) is 11.5. The second kappa shape index (κ2) is 5.20. The molecule has 2 N–H and O–H groups in total. The van der Waals surface area contributed by atoms with E-state index >= 15 is 0 Å². The third-order valence-corrected chi connectivity index (χ3v) is 2.74. The monoisotopic (exact) mass is 277 g/mol. The molecule has 0 saturated heterocycles. The lowest BCUT2D eigenvalue weighted by atomic mass is 10.2. The van der Waals surface area contributed by atoms with Crippen LogP contribution >= 0.6 is 0 Å². The van der Waals surface area contributed by atoms with Gasteiger partial charge in [-0.25, -0.2) is 0 Å². The molecule has 0 radical (unpaired) electrons. The maximum Gasteiger partial charge on any atom is 0.435 e. The fraction of sp³-hybridized carbons (Fsp3) is 0.636. The molecule has 19 heavy (non-hydrogen) atoms. The van der Waals surface area contributed by atoms with Crippen LogP contribution < -0.4 is 5.32 Å². The lowest BCUT2D eigenvalue weighted by molar-refractivity contribution is -0.142. The highest BCUT2D eigenvalue weighted by atomic mass is 19.4. The number of amides is 1. The average molecular weight is 277 g/mol. The molecule has 1 saturated carbocycles. The predicted octanol–water partition coefficient (Wildman–Crippen LogP) is 0.715. The Bertz CT molecular complexity index is 466. The topological polar surface area (TPSA) is 67.2 Å². The number of nitrogens with one attached hydrogen (secondary N) is 1. The van der Waals surface area contributed by atoms with E-state index in [0.717, 1.165) is 23.7 Å². The summed E-state index contributed by atoms with van der Waals surface area (Å²) in [6.45, 7) is -0.645. The molecule has 8 heteroatoms. The van der Waals surface area contributed by atoms with Gasteiger partial charge >= 0.3 is 6.18 Å². The highest BCUT2D eigenvalue weighted by molar-refractivity contribution is 5.76. The zero-order valence-corrected chi connectivity index (χ0v) is 10.1. The minimum atomic E-state index is -4.58. The van der Waals surface area contributed by atoms with Crippen LogP contribution in [0.2, 0.25) is 0 Å². The largest absolute Gasteiger partial charge is 0.435 e. The zero-order chi connectivity index (χ0) is 14.0. The molecule has 0 aromatic carbocycles. The Kier molecular flexibility index (Phi) is 3.79. The first-order valence-corrected chi connectivity index (χ1v) is 5.94. The number of hydrogen-bond donors (Lipinski definition) is 2. The van der Waals surface area contributed by atoms with Crippen LogP contribution in [0.5, 0.6) is 0 Å². The van der Waals surface area contributed by atoms with Gasteiger partial charge in [-0.15, -0.1) is 0 Å². The van der Waals surface area contributed by atoms with Crippen LogP contribution in [-0.2, 0) is 23.9 Å². The molecule has 2 rings (SSSR count). The Labute approximate surface area is 107 Å². The lowest BCUT2D eigenvalue weighted by Gasteiger charge is -2.04. The van der Waals surface area contributed by atoms with E-state index in [1.807, 2.05) is 0 Å². The molecular weight excluding hydrogens is 263 g/mol. The third kappa shape index (κ3) is 3.69. The third-order valence-electron chi connectivity index (χ3n) is 2.74. The van der Waals surface area contributed by atoms with Gasteiger partial charge in [0.1, 0.15) is 6.54 Å². The molecule has 1 amide bonds. The summed E-state index contributed by atoms with van der Waals surface area (Å²) < 4.78 is 39.0. The van der Waals surface area contributed by atoms with Crippen LogP contribution in [0.3, 0.4) is 0 Å². The van der Waals surface area contributed by atoms with Gasteiger partial charge in [0.2, 0.25) is 5.91 Å². The van der Waals surface area contributed by atoms with Gasteiger partial charge in [0.25, 0.3) is 0 Å². The molecule has 5 nitrogen and oxygen atoms in total. The first-order chi connectivity index (χ1) is 8.90. The molecule has 0 atom stereocenters. The summed E-state index contributed by atoms with van der Waals surface area (Å²) in [5.41, 5.74) is -1.14. The van der Waals surface area contributed by atoms with Crippen LogP contribution in [0.25, 0.3) is 0 Å². The highest BCUT2D eigenvalue weighted by Crippen LogP contribution is 2.30. The van der Waals surface area contributed by atoms with E-state index in [2.05, 4.69) is 10.4 Å². The summed E-state index contributed by atoms with van der Waals surface area (Å²) in [7, 11) is 0. The predicted molar refractivity (Wildman–Crippen MR) is 59.2 cm³/mol. The lowest BCUT2D eigenvalue weighted by Crippen LogP contribution is -2.29. The van der Waals surface area contributed by atoms with Crippen molar-refractivity contribution in [3.05, 3.63) is 17.5 Å². The maximum atomic E-state index is 12.7. The fourth-order valence-corrected chi connectivity index (χ4v) is 1.73. The molecule has 1 aromatic heterocycles. The maximum absolute atomic E-state index is 12.7. The summed E-state index contributed by atoms with van der Waals surface area (Å²) in [6, 6.07) is 0.155. The summed E-state index contributed by atoms with van der Waals surface area (Å²) in [5, 5.41) is 14.8. The van der Waals surface area contributed by atoms with Crippen molar-refractivity contribution in [1.82, 2.24) is 15.1 Å². The average Bonchev–Trinajstić information content (AvgIpc) is 2.98. The Morgan fingerprint density at radius 2 is 2.21 bits per heavy atom. The second-order valence-electron chi connectivity index (χ2n) is 4.51. The second-order valence-corrected chi connectivity index (χ2v) is 4.51. The van der Waals surface area contributed by atoms with Gasteiger partial charge in [-0.05, 0) is 19.3 Å². The molecule has 0 unspecified atom stereocenters. The van der Waals surface area contributed by atoms with Gasteiger partial charge in [-0.3, -0.25) is 9.48 Å². The number of hydrogen-bond acceptors (Lipinski definition) is 3. The normalized spacial score (nSPS) is 15.6. The van der Waals surface area contributed by atoms with Crippen molar-refractivity contribution in [3.8, 4) is 0 Å². The van der Waals surface area contributed by atoms with Crippen molar-refractivity contribution >= 4 is 5.91 Å². The van der Waals surface area contributed by atoms with Crippen molar-refractivity contribution in [3.63, 3.8) is 0 Å². The molecule has 1 aliphatic rings. The number of nitrogens with zero attached hydrogens (tertiary/aromatic N) is 2. The van der Waals surface area contributed by atoms with Gasteiger partial charge in [-0.1, -0.05) is 0 Å². The van der Waals surface area contributed by atoms with E-state index in [9.17, 15) is 18.0 Å². The smallest absolute Gasteiger partial charge is 0.396 e. The Hall–Kier alpha value is -1.57. The summed E-state index contributed by atoms with van der Waals surface area (Å²) >= 11 is 0. The number of aromatic nitrogens is 2. The van der Waals surface area contributed by atoms with Crippen molar-refractivity contribution in [2.24, 2.45) is 0 Å². The van der Waals surface area contributed by atoms with Crippen LogP contribution in [0.15, 0.2) is 6.20 Å². The Balaban J connectivity index is 2.09. The molecule has 0 aliphatic heterocycles. The minimum absolute atomic E-state index is 0.103. The van der Waals surface area contributed by atoms with Crippen LogP contribution in [-0.4, -0.2) is 33.4 Å². The molecule has 0 spiro atoms.